The molecule has 1 rings (SSSR count). The molecule has 134 valence electrons. The predicted octanol–water partition coefficient (Wildman–Crippen LogP) is 3.54. The standard InChI is InChI=1S/C18H22ClN3O3/c1-12-8-13(2)17(15(19)9-12)22-11-14(10-20)18(25)21-7-5-3-4-6-16(23)24/h8-9,11,22H,3-7H2,1-2H3,(H,21,25)(H,23,24)/b14-11-. The van der Waals surface area contributed by atoms with Gasteiger partial charge in [0.1, 0.15) is 11.6 Å². The number of carbonyl (C=O) groups excluding carboxylic acids is 1. The summed E-state index contributed by atoms with van der Waals surface area (Å²) in [7, 11) is 0. The van der Waals surface area contributed by atoms with Crippen LogP contribution in [0.25, 0.3) is 0 Å². The van der Waals surface area contributed by atoms with Crippen molar-refractivity contribution in [3.8, 4) is 6.07 Å². The maximum Gasteiger partial charge on any atom is 0.303 e. The van der Waals surface area contributed by atoms with Gasteiger partial charge in [0, 0.05) is 19.2 Å². The third-order valence-corrected chi connectivity index (χ3v) is 3.81. The van der Waals surface area contributed by atoms with E-state index in [-0.39, 0.29) is 12.0 Å². The number of carboxylic acids is 1. The van der Waals surface area contributed by atoms with Gasteiger partial charge in [-0.1, -0.05) is 24.1 Å². The molecule has 6 nitrogen and oxygen atoms in total. The molecule has 7 heteroatoms. The highest BCUT2D eigenvalue weighted by atomic mass is 35.5. The van der Waals surface area contributed by atoms with Crippen molar-refractivity contribution in [1.82, 2.24) is 5.32 Å². The van der Waals surface area contributed by atoms with Crippen LogP contribution in [0.15, 0.2) is 23.9 Å². The van der Waals surface area contributed by atoms with Gasteiger partial charge in [0.05, 0.1) is 10.7 Å². The maximum atomic E-state index is 12.0. The van der Waals surface area contributed by atoms with Crippen LogP contribution in [-0.4, -0.2) is 23.5 Å². The minimum Gasteiger partial charge on any atom is -0.481 e. The fourth-order valence-electron chi connectivity index (χ4n) is 2.27. The third kappa shape index (κ3) is 7.27. The van der Waals surface area contributed by atoms with E-state index in [0.29, 0.717) is 36.5 Å². The summed E-state index contributed by atoms with van der Waals surface area (Å²) in [4.78, 5) is 22.4. The van der Waals surface area contributed by atoms with Gasteiger partial charge in [-0.3, -0.25) is 9.59 Å². The molecule has 0 aromatic heterocycles. The number of aliphatic carboxylic acids is 1. The van der Waals surface area contributed by atoms with Crippen LogP contribution in [0.2, 0.25) is 5.02 Å². The topological polar surface area (TPSA) is 102 Å². The number of hydrogen-bond donors (Lipinski definition) is 3. The highest BCUT2D eigenvalue weighted by molar-refractivity contribution is 6.33. The molecule has 3 N–H and O–H groups in total. The van der Waals surface area contributed by atoms with Crippen molar-refractivity contribution in [1.29, 1.82) is 5.26 Å². The summed E-state index contributed by atoms with van der Waals surface area (Å²) < 4.78 is 0. The molecule has 0 saturated heterocycles. The molecule has 0 aliphatic carbocycles. The van der Waals surface area contributed by atoms with Crippen LogP contribution in [0, 0.1) is 25.2 Å². The molecule has 25 heavy (non-hydrogen) atoms. The molecule has 0 aliphatic rings. The second kappa shape index (κ2) is 10.4. The molecule has 0 aliphatic heterocycles. The quantitative estimate of drug-likeness (QED) is 0.354. The zero-order valence-corrected chi connectivity index (χ0v) is 15.1. The lowest BCUT2D eigenvalue weighted by molar-refractivity contribution is -0.137. The monoisotopic (exact) mass is 363 g/mol. The first kappa shape index (κ1) is 20.5. The van der Waals surface area contributed by atoms with Crippen LogP contribution >= 0.6 is 11.6 Å². The minimum atomic E-state index is -0.824. The zero-order valence-electron chi connectivity index (χ0n) is 14.4. The number of aryl methyl sites for hydroxylation is 2. The SMILES string of the molecule is Cc1cc(C)c(N/C=C(/C#N)C(=O)NCCCCCC(=O)O)c(Cl)c1. The number of carboxylic acid groups (broad SMARTS) is 1. The largest absolute Gasteiger partial charge is 0.481 e. The van der Waals surface area contributed by atoms with Gasteiger partial charge in [0.2, 0.25) is 0 Å². The van der Waals surface area contributed by atoms with Crippen molar-refractivity contribution in [3.63, 3.8) is 0 Å². The van der Waals surface area contributed by atoms with Crippen LogP contribution in [0.5, 0.6) is 0 Å². The van der Waals surface area contributed by atoms with E-state index in [2.05, 4.69) is 10.6 Å². The first-order valence-electron chi connectivity index (χ1n) is 7.98. The number of halogens is 1. The number of nitrogens with zero attached hydrogens (tertiary/aromatic N) is 1. The van der Waals surface area contributed by atoms with Crippen molar-refractivity contribution in [3.05, 3.63) is 40.1 Å². The second-order valence-corrected chi connectivity index (χ2v) is 6.12. The van der Waals surface area contributed by atoms with Crippen LogP contribution in [0.1, 0.15) is 36.8 Å². The molecule has 0 radical (unpaired) electrons. The van der Waals surface area contributed by atoms with Gasteiger partial charge in [-0.25, -0.2) is 0 Å². The Morgan fingerprint density at radius 1 is 1.28 bits per heavy atom. The Balaban J connectivity index is 2.55. The Morgan fingerprint density at radius 3 is 2.60 bits per heavy atom. The smallest absolute Gasteiger partial charge is 0.303 e. The van der Waals surface area contributed by atoms with E-state index in [1.54, 1.807) is 6.07 Å². The number of carbonyl (C=O) groups is 2. The molecule has 1 aromatic carbocycles. The number of hydrogen-bond acceptors (Lipinski definition) is 4. The van der Waals surface area contributed by atoms with E-state index in [0.717, 1.165) is 11.1 Å². The van der Waals surface area contributed by atoms with E-state index in [1.165, 1.54) is 6.20 Å². The highest BCUT2D eigenvalue weighted by Crippen LogP contribution is 2.27. The molecule has 0 atom stereocenters. The summed E-state index contributed by atoms with van der Waals surface area (Å²) in [5.41, 5.74) is 2.54. The van der Waals surface area contributed by atoms with Crippen LogP contribution in [-0.2, 0) is 9.59 Å². The molecule has 1 amide bonds. The number of amides is 1. The fourth-order valence-corrected chi connectivity index (χ4v) is 2.64. The van der Waals surface area contributed by atoms with Crippen molar-refractivity contribution in [2.75, 3.05) is 11.9 Å². The number of nitriles is 1. The molecule has 0 bridgehead atoms. The van der Waals surface area contributed by atoms with Gasteiger partial charge >= 0.3 is 5.97 Å². The number of benzene rings is 1. The van der Waals surface area contributed by atoms with Gasteiger partial charge < -0.3 is 15.7 Å². The van der Waals surface area contributed by atoms with E-state index in [1.807, 2.05) is 26.0 Å². The lowest BCUT2D eigenvalue weighted by atomic mass is 10.1. The maximum absolute atomic E-state index is 12.0. The predicted molar refractivity (Wildman–Crippen MR) is 97.4 cm³/mol. The molecule has 0 spiro atoms. The fraction of sp³-hybridized carbons (Fsp3) is 0.389. The van der Waals surface area contributed by atoms with E-state index >= 15 is 0 Å². The molecule has 0 heterocycles. The van der Waals surface area contributed by atoms with Gasteiger partial charge in [0.15, 0.2) is 0 Å². The Kier molecular flexibility index (Phi) is 8.51. The van der Waals surface area contributed by atoms with Gasteiger partial charge in [-0.2, -0.15) is 5.26 Å². The lowest BCUT2D eigenvalue weighted by Gasteiger charge is -2.10. The number of unbranched alkanes of at least 4 members (excludes halogenated alkanes) is 2. The Bertz CT molecular complexity index is 685. The normalized spacial score (nSPS) is 10.9. The lowest BCUT2D eigenvalue weighted by Crippen LogP contribution is -2.26. The summed E-state index contributed by atoms with van der Waals surface area (Å²) in [5.74, 6) is -1.30. The van der Waals surface area contributed by atoms with Gasteiger partial charge in [0.25, 0.3) is 5.91 Å². The van der Waals surface area contributed by atoms with E-state index < -0.39 is 11.9 Å². The second-order valence-electron chi connectivity index (χ2n) is 5.71. The van der Waals surface area contributed by atoms with Crippen LogP contribution < -0.4 is 10.6 Å². The molecule has 1 aromatic rings. The first-order valence-corrected chi connectivity index (χ1v) is 8.36. The van der Waals surface area contributed by atoms with Crippen molar-refractivity contribution < 1.29 is 14.7 Å². The van der Waals surface area contributed by atoms with Crippen molar-refractivity contribution in [2.45, 2.75) is 39.5 Å². The number of nitrogens with one attached hydrogen (secondary N) is 2. The summed E-state index contributed by atoms with van der Waals surface area (Å²) in [5, 5.41) is 23.8. The molecule has 0 saturated carbocycles. The van der Waals surface area contributed by atoms with Crippen molar-refractivity contribution in [2.24, 2.45) is 0 Å². The van der Waals surface area contributed by atoms with Crippen LogP contribution in [0.4, 0.5) is 5.69 Å². The average Bonchev–Trinajstić information content (AvgIpc) is 2.52. The summed E-state index contributed by atoms with van der Waals surface area (Å²) in [6, 6.07) is 5.60. The number of rotatable bonds is 9. The summed E-state index contributed by atoms with van der Waals surface area (Å²) in [6.07, 6.45) is 3.39. The zero-order chi connectivity index (χ0) is 18.8. The molecular formula is C18H22ClN3O3. The van der Waals surface area contributed by atoms with E-state index in [9.17, 15) is 9.59 Å². The van der Waals surface area contributed by atoms with Crippen LogP contribution in [0.3, 0.4) is 0 Å². The molecule has 0 unspecified atom stereocenters. The third-order valence-electron chi connectivity index (χ3n) is 3.51. The molecular weight excluding hydrogens is 342 g/mol. The van der Waals surface area contributed by atoms with Gasteiger partial charge in [-0.15, -0.1) is 0 Å². The average molecular weight is 364 g/mol. The number of anilines is 1. The first-order chi connectivity index (χ1) is 11.8. The van der Waals surface area contributed by atoms with E-state index in [4.69, 9.17) is 22.0 Å². The van der Waals surface area contributed by atoms with Gasteiger partial charge in [-0.05, 0) is 43.9 Å². The Morgan fingerprint density at radius 2 is 2.00 bits per heavy atom. The highest BCUT2D eigenvalue weighted by Gasteiger charge is 2.10. The van der Waals surface area contributed by atoms with Crippen molar-refractivity contribution >= 4 is 29.2 Å². The summed E-state index contributed by atoms with van der Waals surface area (Å²) >= 11 is 6.18. The summed E-state index contributed by atoms with van der Waals surface area (Å²) in [6.45, 7) is 4.21. The molecule has 0 fully saturated rings. The Hall–Kier alpha value is -2.52. The minimum absolute atomic E-state index is 0.0541. The Labute approximate surface area is 152 Å².